The number of piperazine rings is 1. The van der Waals surface area contributed by atoms with Crippen LogP contribution in [0, 0.1) is 13.5 Å². The van der Waals surface area contributed by atoms with E-state index in [4.69, 9.17) is 30.8 Å². The lowest BCUT2D eigenvalue weighted by molar-refractivity contribution is 0.0250. The zero-order valence-electron chi connectivity index (χ0n) is 25.5. The number of likely N-dealkylation sites (N-methyl/N-ethyl adjacent to an activating group) is 1. The summed E-state index contributed by atoms with van der Waals surface area (Å²) in [6.07, 6.45) is 2.37. The number of anilines is 1. The van der Waals surface area contributed by atoms with Crippen molar-refractivity contribution in [2.24, 2.45) is 0 Å². The summed E-state index contributed by atoms with van der Waals surface area (Å²) in [6.45, 7) is 13.5. The van der Waals surface area contributed by atoms with E-state index in [2.05, 4.69) is 40.7 Å². The highest BCUT2D eigenvalue weighted by Gasteiger charge is 2.37. The lowest BCUT2D eigenvalue weighted by atomic mass is 9.96. The molecule has 0 saturated carbocycles. The first-order valence-corrected chi connectivity index (χ1v) is 15.5. The first-order valence-electron chi connectivity index (χ1n) is 15.5. The van der Waals surface area contributed by atoms with Crippen LogP contribution in [-0.4, -0.2) is 84.3 Å². The predicted octanol–water partition coefficient (Wildman–Crippen LogP) is 4.82. The number of hydrogen-bond donors (Lipinski definition) is 0. The fraction of sp³-hybridized carbons (Fsp3) is 0.471. The smallest absolute Gasteiger partial charge is 0.410 e. The van der Waals surface area contributed by atoms with E-state index in [-0.39, 0.29) is 25.3 Å². The lowest BCUT2D eigenvalue weighted by Gasteiger charge is -2.40. The Morgan fingerprint density at radius 1 is 1.07 bits per heavy atom. The van der Waals surface area contributed by atoms with Gasteiger partial charge < -0.3 is 28.9 Å². The molecule has 3 aliphatic heterocycles. The summed E-state index contributed by atoms with van der Waals surface area (Å²) in [7, 11) is 2.13. The van der Waals surface area contributed by atoms with Crippen molar-refractivity contribution >= 4 is 11.9 Å². The van der Waals surface area contributed by atoms with Crippen molar-refractivity contribution in [3.8, 4) is 6.01 Å². The molecule has 10 heteroatoms. The van der Waals surface area contributed by atoms with E-state index in [1.807, 2.05) is 42.5 Å². The standard InChI is InChI=1S/C34H40N6O4/c1-24-10-7-8-14-28(24)31-18-30-29(23-42-31)32(37-33(36-30)43-22-26-13-9-15-38(26)3)39-16-17-40(27(20-39)19-35-2)34(41)44-21-25-11-5-4-6-12-25/h4-8,10-12,14,26-27,31H,9,13,15-23H2,1,3H3/t26-,27-,31?/m0/s1. The Bertz CT molecular complexity index is 1490. The van der Waals surface area contributed by atoms with Gasteiger partial charge in [0.25, 0.3) is 0 Å². The normalized spacial score (nSPS) is 21.9. The molecule has 2 aromatic carbocycles. The number of carbonyl (C=O) groups is 1. The third-order valence-corrected chi connectivity index (χ3v) is 8.99. The number of aromatic nitrogens is 2. The van der Waals surface area contributed by atoms with Gasteiger partial charge in [-0.15, -0.1) is 0 Å². The van der Waals surface area contributed by atoms with E-state index in [1.54, 1.807) is 4.90 Å². The van der Waals surface area contributed by atoms with Crippen LogP contribution >= 0.6 is 0 Å². The molecule has 230 valence electrons. The van der Waals surface area contributed by atoms with Crippen molar-refractivity contribution in [3.63, 3.8) is 0 Å². The maximum atomic E-state index is 13.1. The van der Waals surface area contributed by atoms with Crippen LogP contribution in [0.25, 0.3) is 4.85 Å². The van der Waals surface area contributed by atoms with Gasteiger partial charge in [0.15, 0.2) is 0 Å². The summed E-state index contributed by atoms with van der Waals surface area (Å²) in [5, 5.41) is 0. The summed E-state index contributed by atoms with van der Waals surface area (Å²) in [5.41, 5.74) is 5.15. The Kier molecular flexibility index (Phi) is 9.24. The van der Waals surface area contributed by atoms with Gasteiger partial charge in [0.2, 0.25) is 6.54 Å². The minimum absolute atomic E-state index is 0.105. The van der Waals surface area contributed by atoms with Crippen molar-refractivity contribution in [1.29, 1.82) is 0 Å². The topological polar surface area (TPSA) is 84.6 Å². The Labute approximate surface area is 259 Å². The fourth-order valence-corrected chi connectivity index (χ4v) is 6.42. The van der Waals surface area contributed by atoms with Crippen LogP contribution in [0.1, 0.15) is 46.9 Å². The molecule has 1 aromatic heterocycles. The molecule has 2 fully saturated rings. The van der Waals surface area contributed by atoms with Gasteiger partial charge >= 0.3 is 12.1 Å². The van der Waals surface area contributed by atoms with Crippen LogP contribution in [0.4, 0.5) is 10.6 Å². The third kappa shape index (κ3) is 6.64. The predicted molar refractivity (Wildman–Crippen MR) is 166 cm³/mol. The molecular formula is C34H40N6O4. The van der Waals surface area contributed by atoms with E-state index < -0.39 is 6.09 Å². The molecule has 10 nitrogen and oxygen atoms in total. The monoisotopic (exact) mass is 596 g/mol. The minimum atomic E-state index is -0.402. The molecule has 0 N–H and O–H groups in total. The lowest BCUT2D eigenvalue weighted by Crippen LogP contribution is -2.57. The fourth-order valence-electron chi connectivity index (χ4n) is 6.42. The van der Waals surface area contributed by atoms with Gasteiger partial charge in [-0.25, -0.2) is 11.4 Å². The van der Waals surface area contributed by atoms with E-state index in [0.717, 1.165) is 47.6 Å². The summed E-state index contributed by atoms with van der Waals surface area (Å²) in [4.78, 5) is 32.8. The van der Waals surface area contributed by atoms with E-state index in [0.29, 0.717) is 51.3 Å². The molecule has 1 unspecified atom stereocenters. The van der Waals surface area contributed by atoms with Gasteiger partial charge in [0, 0.05) is 37.7 Å². The molecule has 0 radical (unpaired) electrons. The molecule has 3 aromatic rings. The van der Waals surface area contributed by atoms with Crippen molar-refractivity contribution in [2.75, 3.05) is 51.3 Å². The summed E-state index contributed by atoms with van der Waals surface area (Å²) >= 11 is 0. The summed E-state index contributed by atoms with van der Waals surface area (Å²) in [5.74, 6) is 0.764. The van der Waals surface area contributed by atoms with E-state index >= 15 is 0 Å². The first kappa shape index (κ1) is 29.9. The van der Waals surface area contributed by atoms with Gasteiger partial charge in [0.1, 0.15) is 25.1 Å². The van der Waals surface area contributed by atoms with Crippen molar-refractivity contribution in [3.05, 3.63) is 94.0 Å². The zero-order valence-corrected chi connectivity index (χ0v) is 25.5. The third-order valence-electron chi connectivity index (χ3n) is 8.99. The number of nitrogens with zero attached hydrogens (tertiary/aromatic N) is 6. The van der Waals surface area contributed by atoms with Crippen LogP contribution in [0.2, 0.25) is 0 Å². The Morgan fingerprint density at radius 2 is 1.89 bits per heavy atom. The molecule has 1 amide bonds. The maximum absolute atomic E-state index is 13.1. The van der Waals surface area contributed by atoms with Gasteiger partial charge in [0.05, 0.1) is 18.4 Å². The number of aryl methyl sites for hydroxylation is 1. The van der Waals surface area contributed by atoms with Crippen molar-refractivity contribution < 1.29 is 19.0 Å². The van der Waals surface area contributed by atoms with Crippen LogP contribution in [-0.2, 0) is 29.1 Å². The molecule has 0 spiro atoms. The number of likely N-dealkylation sites (tertiary alicyclic amines) is 1. The second kappa shape index (κ2) is 13.6. The highest BCUT2D eigenvalue weighted by molar-refractivity contribution is 5.69. The van der Waals surface area contributed by atoms with Crippen LogP contribution in [0.15, 0.2) is 54.6 Å². The zero-order chi connectivity index (χ0) is 30.5. The second-order valence-corrected chi connectivity index (χ2v) is 11.9. The van der Waals surface area contributed by atoms with Crippen molar-refractivity contribution in [2.45, 2.75) is 57.6 Å². The molecule has 2 saturated heterocycles. The Morgan fingerprint density at radius 3 is 2.66 bits per heavy atom. The SMILES string of the molecule is [C-]#[N+]C[C@H]1CN(c2nc(OC[C@@H]3CCCN3C)nc3c2COC(c2ccccc2C)C3)CCN1C(=O)OCc1ccccc1. The van der Waals surface area contributed by atoms with Crippen LogP contribution < -0.4 is 9.64 Å². The highest BCUT2D eigenvalue weighted by atomic mass is 16.6. The maximum Gasteiger partial charge on any atom is 0.410 e. The largest absolute Gasteiger partial charge is 0.462 e. The quantitative estimate of drug-likeness (QED) is 0.343. The minimum Gasteiger partial charge on any atom is -0.462 e. The highest BCUT2D eigenvalue weighted by Crippen LogP contribution is 2.36. The molecule has 3 atom stereocenters. The van der Waals surface area contributed by atoms with Gasteiger partial charge in [-0.1, -0.05) is 54.6 Å². The number of carbonyl (C=O) groups excluding carboxylic acids is 1. The molecule has 0 bridgehead atoms. The average Bonchev–Trinajstić information content (AvgIpc) is 3.47. The van der Waals surface area contributed by atoms with E-state index in [9.17, 15) is 4.79 Å². The van der Waals surface area contributed by atoms with Gasteiger partial charge in [-0.2, -0.15) is 9.97 Å². The van der Waals surface area contributed by atoms with E-state index in [1.165, 1.54) is 5.56 Å². The van der Waals surface area contributed by atoms with Crippen LogP contribution in [0.3, 0.4) is 0 Å². The molecule has 6 rings (SSSR count). The van der Waals surface area contributed by atoms with Crippen LogP contribution in [0.5, 0.6) is 6.01 Å². The van der Waals surface area contributed by atoms with Gasteiger partial charge in [-0.05, 0) is 50.0 Å². The molecule has 44 heavy (non-hydrogen) atoms. The molecule has 4 heterocycles. The average molecular weight is 597 g/mol. The number of ether oxygens (including phenoxy) is 3. The molecular weight excluding hydrogens is 556 g/mol. The van der Waals surface area contributed by atoms with Crippen molar-refractivity contribution in [1.82, 2.24) is 19.8 Å². The second-order valence-electron chi connectivity index (χ2n) is 11.9. The number of rotatable bonds is 8. The summed E-state index contributed by atoms with van der Waals surface area (Å²) in [6, 6.07) is 18.3. The number of fused-ring (bicyclic) bond motifs is 1. The first-order chi connectivity index (χ1) is 21.5. The molecule has 3 aliphatic rings. The Hall–Kier alpha value is -4.20. The number of hydrogen-bond acceptors (Lipinski definition) is 8. The number of amides is 1. The Balaban J connectivity index is 1.23. The molecule has 0 aliphatic carbocycles. The van der Waals surface area contributed by atoms with Gasteiger partial charge in [-0.3, -0.25) is 4.90 Å². The summed E-state index contributed by atoms with van der Waals surface area (Å²) < 4.78 is 18.3. The number of benzene rings is 2.